The van der Waals surface area contributed by atoms with E-state index >= 15 is 0 Å². The van der Waals surface area contributed by atoms with Gasteiger partial charge in [-0.3, -0.25) is 9.69 Å². The largest absolute Gasteiger partial charge is 0.480 e. The molecule has 116 valence electrons. The van der Waals surface area contributed by atoms with E-state index in [1.54, 1.807) is 32.6 Å². The zero-order chi connectivity index (χ0) is 15.6. The average molecular weight is 288 g/mol. The lowest BCUT2D eigenvalue weighted by molar-refractivity contribution is -0.148. The Kier molecular flexibility index (Phi) is 4.99. The molecule has 1 saturated heterocycles. The number of nitrogens with one attached hydrogen (secondary N) is 1. The van der Waals surface area contributed by atoms with Crippen molar-refractivity contribution in [2.75, 3.05) is 19.6 Å². The Morgan fingerprint density at radius 1 is 1.45 bits per heavy atom. The van der Waals surface area contributed by atoms with Gasteiger partial charge in [-0.25, -0.2) is 4.79 Å². The topological polar surface area (TPSA) is 99.1 Å². The monoisotopic (exact) mass is 288 g/mol. The quantitative estimate of drug-likeness (QED) is 0.693. The number of hydrogen-bond acceptors (Lipinski definition) is 5. The number of amides is 1. The van der Waals surface area contributed by atoms with E-state index in [0.717, 1.165) is 0 Å². The van der Waals surface area contributed by atoms with Crippen LogP contribution in [0.25, 0.3) is 0 Å². The highest BCUT2D eigenvalue weighted by atomic mass is 16.6. The number of aliphatic hydroxyl groups is 1. The summed E-state index contributed by atoms with van der Waals surface area (Å²) in [4.78, 5) is 24.4. The van der Waals surface area contributed by atoms with Gasteiger partial charge < -0.3 is 20.3 Å². The molecule has 0 unspecified atom stereocenters. The molecule has 1 aliphatic heterocycles. The van der Waals surface area contributed by atoms with Crippen molar-refractivity contribution in [1.82, 2.24) is 10.2 Å². The van der Waals surface area contributed by atoms with E-state index in [0.29, 0.717) is 13.1 Å². The number of hydrogen-bond donors (Lipinski definition) is 3. The second kappa shape index (κ2) is 5.97. The van der Waals surface area contributed by atoms with E-state index in [4.69, 9.17) is 4.74 Å². The summed E-state index contributed by atoms with van der Waals surface area (Å²) in [7, 11) is 0. The SMILES string of the molecule is CC(C)(C)OC(=O)NCCN1C[C@H](O)C[C@@]1(C)C(=O)O. The summed E-state index contributed by atoms with van der Waals surface area (Å²) in [5, 5.41) is 21.5. The van der Waals surface area contributed by atoms with Crippen LogP contribution < -0.4 is 5.32 Å². The zero-order valence-corrected chi connectivity index (χ0v) is 12.5. The molecule has 0 spiro atoms. The summed E-state index contributed by atoms with van der Waals surface area (Å²) < 4.78 is 5.09. The second-order valence-electron chi connectivity index (χ2n) is 6.31. The van der Waals surface area contributed by atoms with E-state index in [1.807, 2.05) is 0 Å². The third-order valence-electron chi connectivity index (χ3n) is 3.27. The van der Waals surface area contributed by atoms with Crippen LogP contribution in [0.2, 0.25) is 0 Å². The van der Waals surface area contributed by atoms with Gasteiger partial charge in [-0.15, -0.1) is 0 Å². The molecule has 1 fully saturated rings. The first-order valence-corrected chi connectivity index (χ1v) is 6.68. The molecule has 0 aliphatic carbocycles. The predicted octanol–water partition coefficient (Wildman–Crippen LogP) is 0.421. The maximum absolute atomic E-state index is 11.5. The van der Waals surface area contributed by atoms with Crippen LogP contribution in [0.4, 0.5) is 4.79 Å². The van der Waals surface area contributed by atoms with Crippen LogP contribution in [-0.4, -0.2) is 64.1 Å². The summed E-state index contributed by atoms with van der Waals surface area (Å²) in [6.07, 6.45) is -0.999. The Morgan fingerprint density at radius 2 is 2.05 bits per heavy atom. The van der Waals surface area contributed by atoms with Gasteiger partial charge in [-0.1, -0.05) is 0 Å². The van der Waals surface area contributed by atoms with Crippen molar-refractivity contribution in [2.24, 2.45) is 0 Å². The minimum atomic E-state index is -1.09. The van der Waals surface area contributed by atoms with Crippen LogP contribution in [0.1, 0.15) is 34.1 Å². The molecule has 0 bridgehead atoms. The number of carbonyl (C=O) groups is 2. The van der Waals surface area contributed by atoms with Crippen molar-refractivity contribution >= 4 is 12.1 Å². The number of aliphatic hydroxyl groups excluding tert-OH is 1. The molecule has 2 atom stereocenters. The molecule has 1 rings (SSSR count). The minimum absolute atomic E-state index is 0.189. The second-order valence-corrected chi connectivity index (χ2v) is 6.31. The summed E-state index contributed by atoms with van der Waals surface area (Å²) >= 11 is 0. The third kappa shape index (κ3) is 4.35. The highest BCUT2D eigenvalue weighted by molar-refractivity contribution is 5.78. The molecule has 1 aliphatic rings. The Balaban J connectivity index is 2.45. The van der Waals surface area contributed by atoms with Crippen molar-refractivity contribution in [1.29, 1.82) is 0 Å². The van der Waals surface area contributed by atoms with Gasteiger partial charge in [0.25, 0.3) is 0 Å². The Morgan fingerprint density at radius 3 is 2.55 bits per heavy atom. The molecule has 7 heteroatoms. The lowest BCUT2D eigenvalue weighted by Crippen LogP contribution is -2.50. The molecule has 0 aromatic carbocycles. The maximum Gasteiger partial charge on any atom is 0.407 e. The molecule has 3 N–H and O–H groups in total. The number of aliphatic carboxylic acids is 1. The number of carboxylic acid groups (broad SMARTS) is 1. The van der Waals surface area contributed by atoms with Gasteiger partial charge in [0.05, 0.1) is 6.10 Å². The summed E-state index contributed by atoms with van der Waals surface area (Å²) in [5.41, 5.74) is -1.65. The lowest BCUT2D eigenvalue weighted by atomic mass is 9.98. The molecule has 20 heavy (non-hydrogen) atoms. The summed E-state index contributed by atoms with van der Waals surface area (Å²) in [6.45, 7) is 7.79. The van der Waals surface area contributed by atoms with E-state index in [2.05, 4.69) is 5.32 Å². The normalized spacial score (nSPS) is 27.4. The van der Waals surface area contributed by atoms with Gasteiger partial charge in [0, 0.05) is 26.1 Å². The van der Waals surface area contributed by atoms with E-state index in [1.165, 1.54) is 0 Å². The molecular formula is C13H24N2O5. The highest BCUT2D eigenvalue weighted by Gasteiger charge is 2.47. The van der Waals surface area contributed by atoms with Crippen LogP contribution in [0.3, 0.4) is 0 Å². The molecule has 0 saturated carbocycles. The van der Waals surface area contributed by atoms with Gasteiger partial charge in [0.15, 0.2) is 0 Å². The van der Waals surface area contributed by atoms with Crippen molar-refractivity contribution < 1.29 is 24.5 Å². The van der Waals surface area contributed by atoms with Gasteiger partial charge >= 0.3 is 12.1 Å². The Hall–Kier alpha value is -1.34. The number of nitrogens with zero attached hydrogens (tertiary/aromatic N) is 1. The lowest BCUT2D eigenvalue weighted by Gasteiger charge is -2.30. The number of carbonyl (C=O) groups excluding carboxylic acids is 1. The van der Waals surface area contributed by atoms with Crippen LogP contribution in [0.15, 0.2) is 0 Å². The van der Waals surface area contributed by atoms with Crippen LogP contribution >= 0.6 is 0 Å². The van der Waals surface area contributed by atoms with Crippen LogP contribution in [0, 0.1) is 0 Å². The Labute approximate surface area is 118 Å². The fraction of sp³-hybridized carbons (Fsp3) is 0.846. The van der Waals surface area contributed by atoms with Gasteiger partial charge in [0.1, 0.15) is 11.1 Å². The predicted molar refractivity (Wildman–Crippen MR) is 72.5 cm³/mol. The molecular weight excluding hydrogens is 264 g/mol. The zero-order valence-electron chi connectivity index (χ0n) is 12.5. The number of alkyl carbamates (subject to hydrolysis) is 1. The van der Waals surface area contributed by atoms with Crippen molar-refractivity contribution in [2.45, 2.75) is 51.4 Å². The molecule has 0 aromatic rings. The number of ether oxygens (including phenoxy) is 1. The molecule has 1 amide bonds. The standard InChI is InChI=1S/C13H24N2O5/c1-12(2,3)20-11(19)14-5-6-15-8-9(16)7-13(15,4)10(17)18/h9,16H,5-8H2,1-4H3,(H,14,19)(H,17,18)/t9-,13+/m1/s1. The van der Waals surface area contributed by atoms with Crippen molar-refractivity contribution in [3.63, 3.8) is 0 Å². The number of likely N-dealkylation sites (tertiary alicyclic amines) is 1. The van der Waals surface area contributed by atoms with Gasteiger partial charge in [-0.2, -0.15) is 0 Å². The molecule has 0 radical (unpaired) electrons. The summed E-state index contributed by atoms with van der Waals surface area (Å²) in [6, 6.07) is 0. The van der Waals surface area contributed by atoms with Crippen LogP contribution in [0.5, 0.6) is 0 Å². The van der Waals surface area contributed by atoms with Crippen LogP contribution in [-0.2, 0) is 9.53 Å². The van der Waals surface area contributed by atoms with Gasteiger partial charge in [-0.05, 0) is 27.7 Å². The number of rotatable bonds is 4. The van der Waals surface area contributed by atoms with Crippen molar-refractivity contribution in [3.8, 4) is 0 Å². The average Bonchev–Trinajstić information content (AvgIpc) is 2.52. The fourth-order valence-electron chi connectivity index (χ4n) is 2.28. The highest BCUT2D eigenvalue weighted by Crippen LogP contribution is 2.28. The van der Waals surface area contributed by atoms with E-state index in [9.17, 15) is 19.8 Å². The first kappa shape index (κ1) is 16.7. The van der Waals surface area contributed by atoms with E-state index in [-0.39, 0.29) is 13.0 Å². The number of carboxylic acids is 1. The van der Waals surface area contributed by atoms with Gasteiger partial charge in [0.2, 0.25) is 0 Å². The first-order valence-electron chi connectivity index (χ1n) is 6.68. The molecule has 1 heterocycles. The maximum atomic E-state index is 11.5. The smallest absolute Gasteiger partial charge is 0.407 e. The fourth-order valence-corrected chi connectivity index (χ4v) is 2.28. The molecule has 7 nitrogen and oxygen atoms in total. The third-order valence-corrected chi connectivity index (χ3v) is 3.27. The first-order chi connectivity index (χ1) is 9.04. The van der Waals surface area contributed by atoms with Crippen molar-refractivity contribution in [3.05, 3.63) is 0 Å². The minimum Gasteiger partial charge on any atom is -0.480 e. The molecule has 0 aromatic heterocycles. The number of β-amino-alcohol motifs (C(OH)–C–C–N with tert-alkyl or cyclic N) is 1. The summed E-state index contributed by atoms with van der Waals surface area (Å²) in [5.74, 6) is -0.966. The van der Waals surface area contributed by atoms with E-state index < -0.39 is 29.3 Å². The Bertz CT molecular complexity index is 379.